The lowest BCUT2D eigenvalue weighted by Crippen LogP contribution is -2.62. The standard InChI is InChI=1S/C41H71N9O8/c1-8-24(4)33(39(56)47-32(23-28-17-19-29(52)20-18-28)38(55)46-30(36(44)53)15-11-13-21-42)49-41(58)35(26(6)10-3)50-40(57)34(25(5)9-2)48-37(54)31(45-27(7)51)16-12-14-22-43/h17-20,24-26,30-35,52H,8-16,21-23,42-43H2,1-7H3,(H2,44,53)(H,45,51)(H,46,55)(H,47,56)(H,48,54)(H,49,58)(H,50,57)/t24-,25-,26-,30-,31-,32-,33-,34-,35-/m0/s1. The quantitative estimate of drug-likeness (QED) is 0.0530. The maximum atomic E-state index is 14.1. The van der Waals surface area contributed by atoms with Crippen LogP contribution in [0, 0.1) is 17.8 Å². The van der Waals surface area contributed by atoms with Crippen LogP contribution in [0.15, 0.2) is 24.3 Å². The average Bonchev–Trinajstić information content (AvgIpc) is 3.19. The molecule has 0 aromatic heterocycles. The van der Waals surface area contributed by atoms with Gasteiger partial charge in [-0.2, -0.15) is 0 Å². The van der Waals surface area contributed by atoms with Crippen molar-refractivity contribution in [2.24, 2.45) is 35.0 Å². The third-order valence-electron chi connectivity index (χ3n) is 10.6. The highest BCUT2D eigenvalue weighted by atomic mass is 16.3. The number of aromatic hydroxyl groups is 1. The fraction of sp³-hybridized carbons (Fsp3) is 0.683. The van der Waals surface area contributed by atoms with Crippen molar-refractivity contribution in [2.45, 2.75) is 149 Å². The molecule has 0 aliphatic rings. The molecule has 0 unspecified atom stereocenters. The molecule has 328 valence electrons. The Labute approximate surface area is 343 Å². The summed E-state index contributed by atoms with van der Waals surface area (Å²) in [6, 6.07) is -0.339. The number of unbranched alkanes of at least 4 members (excludes halogenated alkanes) is 2. The molecular formula is C41H71N9O8. The van der Waals surface area contributed by atoms with Crippen molar-refractivity contribution in [3.8, 4) is 5.75 Å². The molecule has 0 spiro atoms. The Kier molecular flexibility index (Phi) is 23.9. The largest absolute Gasteiger partial charge is 0.508 e. The summed E-state index contributed by atoms with van der Waals surface area (Å²) < 4.78 is 0. The van der Waals surface area contributed by atoms with Gasteiger partial charge in [0.2, 0.25) is 41.4 Å². The van der Waals surface area contributed by atoms with Gasteiger partial charge in [0.15, 0.2) is 0 Å². The van der Waals surface area contributed by atoms with Crippen LogP contribution in [0.5, 0.6) is 5.75 Å². The van der Waals surface area contributed by atoms with Crippen molar-refractivity contribution in [3.05, 3.63) is 29.8 Å². The van der Waals surface area contributed by atoms with Gasteiger partial charge >= 0.3 is 0 Å². The van der Waals surface area contributed by atoms with Gasteiger partial charge in [-0.05, 0) is 87.1 Å². The van der Waals surface area contributed by atoms with Gasteiger partial charge in [-0.3, -0.25) is 33.6 Å². The third kappa shape index (κ3) is 17.8. The molecule has 1 aromatic rings. The minimum Gasteiger partial charge on any atom is -0.508 e. The van der Waals surface area contributed by atoms with E-state index in [1.54, 1.807) is 32.9 Å². The van der Waals surface area contributed by atoms with Crippen LogP contribution in [0.25, 0.3) is 0 Å². The first-order valence-corrected chi connectivity index (χ1v) is 20.7. The molecule has 0 bridgehead atoms. The summed E-state index contributed by atoms with van der Waals surface area (Å²) in [7, 11) is 0. The summed E-state index contributed by atoms with van der Waals surface area (Å²) in [5, 5.41) is 26.3. The zero-order valence-corrected chi connectivity index (χ0v) is 35.5. The zero-order chi connectivity index (χ0) is 43.9. The molecule has 1 rings (SSSR count). The fourth-order valence-electron chi connectivity index (χ4n) is 6.24. The van der Waals surface area contributed by atoms with Crippen LogP contribution in [0.1, 0.15) is 112 Å². The monoisotopic (exact) mass is 818 g/mol. The van der Waals surface area contributed by atoms with Gasteiger partial charge < -0.3 is 54.2 Å². The van der Waals surface area contributed by atoms with E-state index in [0.29, 0.717) is 70.0 Å². The van der Waals surface area contributed by atoms with Crippen molar-refractivity contribution in [3.63, 3.8) is 0 Å². The summed E-state index contributed by atoms with van der Waals surface area (Å²) in [5.74, 6) is -5.42. The second-order valence-corrected chi connectivity index (χ2v) is 15.3. The molecular weight excluding hydrogens is 747 g/mol. The van der Waals surface area contributed by atoms with Gasteiger partial charge in [0.25, 0.3) is 0 Å². The van der Waals surface area contributed by atoms with Crippen LogP contribution < -0.4 is 49.1 Å². The molecule has 0 heterocycles. The van der Waals surface area contributed by atoms with E-state index < -0.39 is 89.4 Å². The number of hydrogen-bond donors (Lipinski definition) is 10. The smallest absolute Gasteiger partial charge is 0.243 e. The van der Waals surface area contributed by atoms with E-state index in [4.69, 9.17) is 17.2 Å². The topological polar surface area (TPSA) is 290 Å². The van der Waals surface area contributed by atoms with E-state index in [1.165, 1.54) is 19.1 Å². The van der Waals surface area contributed by atoms with Gasteiger partial charge in [0, 0.05) is 13.3 Å². The molecule has 0 aliphatic heterocycles. The predicted octanol–water partition coefficient (Wildman–Crippen LogP) is 0.745. The van der Waals surface area contributed by atoms with Gasteiger partial charge in [0.05, 0.1) is 0 Å². The molecule has 13 N–H and O–H groups in total. The molecule has 58 heavy (non-hydrogen) atoms. The first-order valence-electron chi connectivity index (χ1n) is 20.7. The van der Waals surface area contributed by atoms with E-state index in [2.05, 4.69) is 31.9 Å². The highest BCUT2D eigenvalue weighted by molar-refractivity contribution is 5.97. The molecule has 7 amide bonds. The number of phenolic OH excluding ortho intramolecular Hbond substituents is 1. The SMILES string of the molecule is CC[C@H](C)[C@H](NC(=O)[C@H](CCCCN)NC(C)=O)C(=O)N[C@H](C(=O)N[C@H](C(=O)N[C@@H](Cc1ccc(O)cc1)C(=O)N[C@@H](CCCCN)C(N)=O)[C@@H](C)CC)[C@@H](C)CC. The van der Waals surface area contributed by atoms with E-state index in [-0.39, 0.29) is 24.5 Å². The lowest BCUT2D eigenvalue weighted by Gasteiger charge is -2.32. The molecule has 0 radical (unpaired) electrons. The number of benzene rings is 1. The maximum absolute atomic E-state index is 14.1. The second-order valence-electron chi connectivity index (χ2n) is 15.3. The van der Waals surface area contributed by atoms with Gasteiger partial charge in [-0.25, -0.2) is 0 Å². The number of amides is 7. The molecule has 17 nitrogen and oxygen atoms in total. The molecule has 0 aliphatic carbocycles. The Morgan fingerprint density at radius 3 is 1.33 bits per heavy atom. The minimum atomic E-state index is -1.21. The number of carbonyl (C=O) groups excluding carboxylic acids is 7. The number of rotatable bonds is 28. The van der Waals surface area contributed by atoms with Crippen molar-refractivity contribution in [2.75, 3.05) is 13.1 Å². The van der Waals surface area contributed by atoms with Crippen LogP contribution in [0.4, 0.5) is 0 Å². The van der Waals surface area contributed by atoms with Gasteiger partial charge in [-0.1, -0.05) is 72.9 Å². The molecule has 0 saturated heterocycles. The predicted molar refractivity (Wildman–Crippen MR) is 222 cm³/mol. The molecule has 1 aromatic carbocycles. The van der Waals surface area contributed by atoms with Crippen LogP contribution in [-0.2, 0) is 40.0 Å². The highest BCUT2D eigenvalue weighted by Gasteiger charge is 2.37. The summed E-state index contributed by atoms with van der Waals surface area (Å²) in [5.41, 5.74) is 17.4. The molecule has 0 saturated carbocycles. The summed E-state index contributed by atoms with van der Waals surface area (Å²) in [6.45, 7) is 13.0. The van der Waals surface area contributed by atoms with Gasteiger partial charge in [-0.15, -0.1) is 0 Å². The molecule has 0 fully saturated rings. The number of nitrogens with two attached hydrogens (primary N) is 3. The Hall–Kier alpha value is -4.77. The number of carbonyl (C=O) groups is 7. The first kappa shape index (κ1) is 51.2. The molecule has 9 atom stereocenters. The third-order valence-corrected chi connectivity index (χ3v) is 10.6. The van der Waals surface area contributed by atoms with Crippen molar-refractivity contribution < 1.29 is 38.7 Å². The maximum Gasteiger partial charge on any atom is 0.243 e. The summed E-state index contributed by atoms with van der Waals surface area (Å²) in [6.07, 6.45) is 4.39. The fourth-order valence-corrected chi connectivity index (χ4v) is 6.24. The van der Waals surface area contributed by atoms with E-state index in [0.717, 1.165) is 0 Å². The minimum absolute atomic E-state index is 0.00958. The Bertz CT molecular complexity index is 1480. The number of primary amides is 1. The Morgan fingerprint density at radius 2 is 0.931 bits per heavy atom. The number of nitrogens with one attached hydrogen (secondary N) is 6. The lowest BCUT2D eigenvalue weighted by atomic mass is 9.93. The number of hydrogen-bond acceptors (Lipinski definition) is 10. The van der Waals surface area contributed by atoms with E-state index in [9.17, 15) is 38.7 Å². The van der Waals surface area contributed by atoms with Crippen molar-refractivity contribution in [1.82, 2.24) is 31.9 Å². The van der Waals surface area contributed by atoms with E-state index >= 15 is 0 Å². The average molecular weight is 818 g/mol. The normalized spacial score (nSPS) is 15.8. The summed E-state index contributed by atoms with van der Waals surface area (Å²) in [4.78, 5) is 93.6. The Balaban J connectivity index is 3.42. The zero-order valence-electron chi connectivity index (χ0n) is 35.5. The second kappa shape index (κ2) is 27.0. The van der Waals surface area contributed by atoms with E-state index in [1.807, 2.05) is 20.8 Å². The Morgan fingerprint density at radius 1 is 0.552 bits per heavy atom. The van der Waals surface area contributed by atoms with Crippen molar-refractivity contribution >= 4 is 41.4 Å². The van der Waals surface area contributed by atoms with Crippen LogP contribution >= 0.6 is 0 Å². The number of phenols is 1. The first-order chi connectivity index (χ1) is 27.4. The van der Waals surface area contributed by atoms with Crippen LogP contribution in [-0.4, -0.2) is 95.8 Å². The molecule has 17 heteroatoms. The van der Waals surface area contributed by atoms with Crippen molar-refractivity contribution in [1.29, 1.82) is 0 Å². The van der Waals surface area contributed by atoms with Gasteiger partial charge in [0.1, 0.15) is 42.0 Å². The highest BCUT2D eigenvalue weighted by Crippen LogP contribution is 2.17. The van der Waals surface area contributed by atoms with Crippen LogP contribution in [0.3, 0.4) is 0 Å². The van der Waals surface area contributed by atoms with Crippen LogP contribution in [0.2, 0.25) is 0 Å². The lowest BCUT2D eigenvalue weighted by molar-refractivity contribution is -0.137. The summed E-state index contributed by atoms with van der Waals surface area (Å²) >= 11 is 0.